The highest BCUT2D eigenvalue weighted by Gasteiger charge is 2.37. The minimum absolute atomic E-state index is 0.0701. The number of hydrogen-bond acceptors (Lipinski definition) is 4. The van der Waals surface area contributed by atoms with Gasteiger partial charge in [-0.2, -0.15) is 0 Å². The molecule has 2 heterocycles. The summed E-state index contributed by atoms with van der Waals surface area (Å²) in [5, 5.41) is 3.84. The molecule has 33 heavy (non-hydrogen) atoms. The maximum atomic E-state index is 13.1. The zero-order valence-corrected chi connectivity index (χ0v) is 18.6. The number of anilines is 1. The third kappa shape index (κ3) is 4.11. The van der Waals surface area contributed by atoms with Crippen molar-refractivity contribution in [3.63, 3.8) is 0 Å². The highest BCUT2D eigenvalue weighted by molar-refractivity contribution is 6.01. The van der Waals surface area contributed by atoms with Gasteiger partial charge in [-0.25, -0.2) is 4.79 Å². The summed E-state index contributed by atoms with van der Waals surface area (Å²) in [7, 11) is 1.31. The van der Waals surface area contributed by atoms with E-state index in [0.717, 1.165) is 41.4 Å². The van der Waals surface area contributed by atoms with E-state index in [1.165, 1.54) is 18.2 Å². The Kier molecular flexibility index (Phi) is 5.62. The number of aromatic nitrogens is 1. The van der Waals surface area contributed by atoms with Gasteiger partial charge in [-0.15, -0.1) is 0 Å². The number of H-pyrrole nitrogens is 1. The van der Waals surface area contributed by atoms with Crippen LogP contribution in [0.5, 0.6) is 0 Å². The first-order valence-corrected chi connectivity index (χ1v) is 11.4. The molecular weight excluding hydrogens is 418 g/mol. The van der Waals surface area contributed by atoms with Gasteiger partial charge in [0.2, 0.25) is 11.8 Å². The number of amides is 2. The molecule has 1 aliphatic carbocycles. The summed E-state index contributed by atoms with van der Waals surface area (Å²) < 4.78 is 4.95. The van der Waals surface area contributed by atoms with Gasteiger partial charge in [0.25, 0.3) is 0 Å². The van der Waals surface area contributed by atoms with Crippen LogP contribution in [0.25, 0.3) is 10.9 Å². The lowest BCUT2D eigenvalue weighted by Crippen LogP contribution is -2.46. The molecule has 0 spiro atoms. The van der Waals surface area contributed by atoms with Crippen LogP contribution in [0.3, 0.4) is 0 Å². The van der Waals surface area contributed by atoms with Crippen molar-refractivity contribution in [2.24, 2.45) is 5.92 Å². The molecule has 0 bridgehead atoms. The summed E-state index contributed by atoms with van der Waals surface area (Å²) >= 11 is 0. The summed E-state index contributed by atoms with van der Waals surface area (Å²) in [4.78, 5) is 43.1. The summed E-state index contributed by atoms with van der Waals surface area (Å²) in [6, 6.07) is 13.1. The molecule has 1 saturated heterocycles. The van der Waals surface area contributed by atoms with E-state index in [2.05, 4.69) is 22.4 Å². The molecular formula is C26H27N3O4. The normalized spacial score (nSPS) is 18.4. The number of esters is 1. The number of aryl methyl sites for hydroxylation is 2. The first kappa shape index (κ1) is 21.2. The lowest BCUT2D eigenvalue weighted by Gasteiger charge is -2.20. The Morgan fingerprint density at radius 1 is 1.18 bits per heavy atom. The van der Waals surface area contributed by atoms with Gasteiger partial charge in [-0.1, -0.05) is 24.3 Å². The van der Waals surface area contributed by atoms with E-state index < -0.39 is 17.9 Å². The van der Waals surface area contributed by atoms with Crippen LogP contribution in [0.4, 0.5) is 5.69 Å². The van der Waals surface area contributed by atoms with Gasteiger partial charge in [0.1, 0.15) is 6.04 Å². The van der Waals surface area contributed by atoms with E-state index in [4.69, 9.17) is 4.74 Å². The van der Waals surface area contributed by atoms with Gasteiger partial charge >= 0.3 is 5.97 Å². The number of ether oxygens (including phenoxy) is 1. The van der Waals surface area contributed by atoms with E-state index in [1.54, 1.807) is 4.90 Å². The van der Waals surface area contributed by atoms with Gasteiger partial charge < -0.3 is 19.9 Å². The number of carbonyl (C=O) groups excluding carboxylic acids is 3. The van der Waals surface area contributed by atoms with E-state index in [-0.39, 0.29) is 18.2 Å². The highest BCUT2D eigenvalue weighted by atomic mass is 16.5. The molecule has 2 amide bonds. The lowest BCUT2D eigenvalue weighted by atomic mass is 10.0. The molecule has 1 unspecified atom stereocenters. The zero-order valence-electron chi connectivity index (χ0n) is 18.6. The largest absolute Gasteiger partial charge is 0.467 e. The molecule has 0 radical (unpaired) electrons. The Labute approximate surface area is 192 Å². The van der Waals surface area contributed by atoms with Crippen LogP contribution in [0, 0.1) is 5.92 Å². The smallest absolute Gasteiger partial charge is 0.328 e. The Bertz CT molecular complexity index is 1230. The van der Waals surface area contributed by atoms with E-state index in [0.29, 0.717) is 13.0 Å². The molecule has 1 aliphatic heterocycles. The van der Waals surface area contributed by atoms with Crippen LogP contribution in [0.2, 0.25) is 0 Å². The van der Waals surface area contributed by atoms with E-state index in [1.807, 2.05) is 36.5 Å². The predicted molar refractivity (Wildman–Crippen MR) is 125 cm³/mol. The molecule has 1 fully saturated rings. The summed E-state index contributed by atoms with van der Waals surface area (Å²) in [5.41, 5.74) is 5.37. The maximum absolute atomic E-state index is 13.1. The molecule has 0 saturated carbocycles. The predicted octanol–water partition coefficient (Wildman–Crippen LogP) is 2.91. The number of carbonyl (C=O) groups is 3. The fourth-order valence-corrected chi connectivity index (χ4v) is 5.00. The van der Waals surface area contributed by atoms with Crippen LogP contribution in [-0.4, -0.2) is 42.5 Å². The van der Waals surface area contributed by atoms with Crippen molar-refractivity contribution in [3.05, 3.63) is 65.4 Å². The molecule has 3 aromatic rings. The van der Waals surface area contributed by atoms with Crippen molar-refractivity contribution < 1.29 is 19.1 Å². The van der Waals surface area contributed by atoms with Gasteiger partial charge in [-0.05, 0) is 54.2 Å². The molecule has 2 aromatic carbocycles. The number of para-hydroxylation sites is 1. The van der Waals surface area contributed by atoms with Crippen LogP contribution >= 0.6 is 0 Å². The van der Waals surface area contributed by atoms with E-state index >= 15 is 0 Å². The lowest BCUT2D eigenvalue weighted by molar-refractivity contribution is -0.145. The number of rotatable bonds is 6. The number of aromatic amines is 1. The average molecular weight is 446 g/mol. The molecule has 2 N–H and O–H groups in total. The minimum atomic E-state index is -0.828. The van der Waals surface area contributed by atoms with Crippen LogP contribution in [-0.2, 0) is 38.4 Å². The molecule has 2 aliphatic rings. The highest BCUT2D eigenvalue weighted by Crippen LogP contribution is 2.30. The SMILES string of the molecule is COC(=O)[C@@H](Cc1c[nH]c2ccccc12)NC(=O)C1CC(=O)N(c2ccc3c(c2)CCC3)C1. The number of benzene rings is 2. The topological polar surface area (TPSA) is 91.5 Å². The fraction of sp³-hybridized carbons (Fsp3) is 0.346. The van der Waals surface area contributed by atoms with Gasteiger partial charge in [0, 0.05) is 42.2 Å². The molecule has 7 heteroatoms. The van der Waals surface area contributed by atoms with Gasteiger partial charge in [0.15, 0.2) is 0 Å². The second-order valence-electron chi connectivity index (χ2n) is 8.86. The molecule has 5 rings (SSSR count). The quantitative estimate of drug-likeness (QED) is 0.571. The monoisotopic (exact) mass is 445 g/mol. The van der Waals surface area contributed by atoms with Crippen LogP contribution < -0.4 is 10.2 Å². The van der Waals surface area contributed by atoms with Gasteiger partial charge in [-0.3, -0.25) is 9.59 Å². The standard InChI is InChI=1S/C26H27N3O4/c1-33-26(32)23(12-18-14-27-22-8-3-2-7-21(18)22)28-25(31)19-13-24(30)29(15-19)20-10-9-16-5-4-6-17(16)11-20/h2-3,7-11,14,19,23,27H,4-6,12-13,15H2,1H3,(H,28,31)/t19?,23-/m1/s1. The van der Waals surface area contributed by atoms with Crippen molar-refractivity contribution in [1.82, 2.24) is 10.3 Å². The number of hydrogen-bond donors (Lipinski definition) is 2. The van der Waals surface area contributed by atoms with Crippen LogP contribution in [0.15, 0.2) is 48.7 Å². The Balaban J connectivity index is 1.29. The molecule has 1 aromatic heterocycles. The van der Waals surface area contributed by atoms with Crippen molar-refractivity contribution in [3.8, 4) is 0 Å². The second-order valence-corrected chi connectivity index (χ2v) is 8.86. The van der Waals surface area contributed by atoms with Crippen molar-refractivity contribution in [2.75, 3.05) is 18.6 Å². The fourth-order valence-electron chi connectivity index (χ4n) is 5.00. The first-order valence-electron chi connectivity index (χ1n) is 11.4. The van der Waals surface area contributed by atoms with Crippen LogP contribution in [0.1, 0.15) is 29.5 Å². The molecule has 7 nitrogen and oxygen atoms in total. The van der Waals surface area contributed by atoms with E-state index in [9.17, 15) is 14.4 Å². The molecule has 170 valence electrons. The van der Waals surface area contributed by atoms with Crippen molar-refractivity contribution in [2.45, 2.75) is 38.1 Å². The Hall–Kier alpha value is -3.61. The summed E-state index contributed by atoms with van der Waals surface area (Å²) in [6.45, 7) is 0.310. The number of nitrogens with one attached hydrogen (secondary N) is 2. The number of methoxy groups -OCH3 is 1. The summed E-state index contributed by atoms with van der Waals surface area (Å²) in [5.74, 6) is -1.39. The van der Waals surface area contributed by atoms with Gasteiger partial charge in [0.05, 0.1) is 13.0 Å². The zero-order chi connectivity index (χ0) is 22.9. The third-order valence-electron chi connectivity index (χ3n) is 6.79. The Morgan fingerprint density at radius 2 is 2.00 bits per heavy atom. The molecule has 2 atom stereocenters. The maximum Gasteiger partial charge on any atom is 0.328 e. The average Bonchev–Trinajstić information content (AvgIpc) is 3.56. The summed E-state index contributed by atoms with van der Waals surface area (Å²) in [6.07, 6.45) is 5.54. The van der Waals surface area contributed by atoms with Crippen molar-refractivity contribution in [1.29, 1.82) is 0 Å². The van der Waals surface area contributed by atoms with Crippen molar-refractivity contribution >= 4 is 34.4 Å². The Morgan fingerprint density at radius 3 is 2.85 bits per heavy atom. The number of nitrogens with zero attached hydrogens (tertiary/aromatic N) is 1. The second kappa shape index (κ2) is 8.73. The number of fused-ring (bicyclic) bond motifs is 2. The first-order chi connectivity index (χ1) is 16.0. The third-order valence-corrected chi connectivity index (χ3v) is 6.79. The minimum Gasteiger partial charge on any atom is -0.467 e.